The fourth-order valence-corrected chi connectivity index (χ4v) is 2.38. The van der Waals surface area contributed by atoms with E-state index in [-0.39, 0.29) is 10.8 Å². The van der Waals surface area contributed by atoms with Crippen LogP contribution in [0.1, 0.15) is 21.6 Å². The summed E-state index contributed by atoms with van der Waals surface area (Å²) in [5.74, 6) is -0.317. The summed E-state index contributed by atoms with van der Waals surface area (Å²) in [5.41, 5.74) is 1.85. The minimum absolute atomic E-state index is 0.134. The van der Waals surface area contributed by atoms with Crippen molar-refractivity contribution in [2.75, 3.05) is 6.26 Å². The first-order valence-corrected chi connectivity index (χ1v) is 7.83. The van der Waals surface area contributed by atoms with Gasteiger partial charge in [0.25, 0.3) is 5.91 Å². The summed E-state index contributed by atoms with van der Waals surface area (Å²) < 4.78 is 23.0. The molecule has 0 aliphatic carbocycles. The van der Waals surface area contributed by atoms with Crippen LogP contribution in [0.2, 0.25) is 0 Å². The molecule has 0 saturated carbocycles. The van der Waals surface area contributed by atoms with Gasteiger partial charge in [-0.2, -0.15) is 0 Å². The predicted molar refractivity (Wildman–Crippen MR) is 74.0 cm³/mol. The number of rotatable bonds is 4. The van der Waals surface area contributed by atoms with E-state index in [2.05, 4.69) is 15.3 Å². The van der Waals surface area contributed by atoms with Crippen molar-refractivity contribution in [2.24, 2.45) is 0 Å². The third-order valence-corrected chi connectivity index (χ3v) is 3.99. The highest BCUT2D eigenvalue weighted by Crippen LogP contribution is 2.15. The van der Waals surface area contributed by atoms with Gasteiger partial charge in [-0.1, -0.05) is 6.07 Å². The maximum Gasteiger partial charge on any atom is 0.251 e. The number of nitrogens with one attached hydrogen (secondary N) is 2. The first-order valence-electron chi connectivity index (χ1n) is 5.94. The number of benzene rings is 1. The van der Waals surface area contributed by atoms with Crippen molar-refractivity contribution >= 4 is 15.7 Å². The maximum absolute atomic E-state index is 12.1. The van der Waals surface area contributed by atoms with Crippen LogP contribution >= 0.6 is 0 Å². The Balaban J connectivity index is 2.21. The van der Waals surface area contributed by atoms with E-state index in [0.29, 0.717) is 12.1 Å². The number of hydrogen-bond donors (Lipinski definition) is 2. The molecule has 0 atom stereocenters. The zero-order valence-electron chi connectivity index (χ0n) is 11.2. The Hall–Kier alpha value is -2.15. The fraction of sp³-hybridized carbons (Fsp3) is 0.231. The first-order chi connectivity index (χ1) is 9.38. The lowest BCUT2D eigenvalue weighted by Gasteiger charge is -2.08. The van der Waals surface area contributed by atoms with Gasteiger partial charge in [0.2, 0.25) is 0 Å². The van der Waals surface area contributed by atoms with Gasteiger partial charge in [-0.15, -0.1) is 0 Å². The van der Waals surface area contributed by atoms with Crippen molar-refractivity contribution in [3.05, 3.63) is 47.5 Å². The summed E-state index contributed by atoms with van der Waals surface area (Å²) in [6, 6.07) is 4.52. The molecule has 2 rings (SSSR count). The monoisotopic (exact) mass is 293 g/mol. The fourth-order valence-electron chi connectivity index (χ4n) is 1.73. The van der Waals surface area contributed by atoms with Crippen LogP contribution in [0.25, 0.3) is 0 Å². The predicted octanol–water partition coefficient (Wildman–Crippen LogP) is 1.05. The van der Waals surface area contributed by atoms with Crippen LogP contribution in [0.3, 0.4) is 0 Å². The number of carbonyl (C=O) groups excluding carboxylic acids is 1. The normalized spacial score (nSPS) is 11.3. The highest BCUT2D eigenvalue weighted by atomic mass is 32.2. The van der Waals surface area contributed by atoms with Gasteiger partial charge in [0.05, 0.1) is 23.5 Å². The molecule has 1 aromatic heterocycles. The maximum atomic E-state index is 12.1. The smallest absolute Gasteiger partial charge is 0.251 e. The van der Waals surface area contributed by atoms with Crippen LogP contribution in [0.15, 0.2) is 35.6 Å². The van der Waals surface area contributed by atoms with Crippen LogP contribution in [0, 0.1) is 6.92 Å². The van der Waals surface area contributed by atoms with E-state index in [0.717, 1.165) is 17.5 Å². The Bertz CT molecular complexity index is 721. The second-order valence-electron chi connectivity index (χ2n) is 4.51. The summed E-state index contributed by atoms with van der Waals surface area (Å²) in [7, 11) is -3.33. The molecule has 1 aromatic carbocycles. The lowest BCUT2D eigenvalue weighted by Crippen LogP contribution is -2.24. The molecule has 0 aliphatic rings. The Labute approximate surface area is 117 Å². The quantitative estimate of drug-likeness (QED) is 0.881. The molecule has 0 saturated heterocycles. The van der Waals surface area contributed by atoms with Crippen molar-refractivity contribution in [1.29, 1.82) is 0 Å². The summed E-state index contributed by atoms with van der Waals surface area (Å²) in [6.45, 7) is 2.07. The van der Waals surface area contributed by atoms with Crippen molar-refractivity contribution in [2.45, 2.75) is 18.4 Å². The molecule has 0 unspecified atom stereocenters. The van der Waals surface area contributed by atoms with Crippen molar-refractivity contribution in [1.82, 2.24) is 15.3 Å². The Morgan fingerprint density at radius 1 is 1.40 bits per heavy atom. The van der Waals surface area contributed by atoms with Crippen molar-refractivity contribution in [3.8, 4) is 0 Å². The van der Waals surface area contributed by atoms with E-state index in [4.69, 9.17) is 0 Å². The number of aryl methyl sites for hydroxylation is 1. The zero-order valence-corrected chi connectivity index (χ0v) is 12.0. The Morgan fingerprint density at radius 3 is 2.75 bits per heavy atom. The highest BCUT2D eigenvalue weighted by Gasteiger charge is 2.14. The van der Waals surface area contributed by atoms with Crippen LogP contribution in [0.4, 0.5) is 0 Å². The van der Waals surface area contributed by atoms with Gasteiger partial charge < -0.3 is 10.3 Å². The zero-order chi connectivity index (χ0) is 14.8. The third-order valence-electron chi connectivity index (χ3n) is 2.88. The van der Waals surface area contributed by atoms with E-state index >= 15 is 0 Å². The number of aromatic amines is 1. The molecule has 0 fully saturated rings. The number of carbonyl (C=O) groups is 1. The van der Waals surface area contributed by atoms with E-state index in [1.165, 1.54) is 18.5 Å². The van der Waals surface area contributed by atoms with Crippen LogP contribution < -0.4 is 5.32 Å². The lowest BCUT2D eigenvalue weighted by molar-refractivity contribution is 0.0949. The summed E-state index contributed by atoms with van der Waals surface area (Å²) >= 11 is 0. The molecule has 0 aliphatic heterocycles. The molecule has 7 heteroatoms. The Kier molecular flexibility index (Phi) is 3.89. The van der Waals surface area contributed by atoms with Gasteiger partial charge in [-0.05, 0) is 24.6 Å². The third kappa shape index (κ3) is 3.24. The second kappa shape index (κ2) is 5.46. The van der Waals surface area contributed by atoms with Gasteiger partial charge in [-0.25, -0.2) is 13.4 Å². The average Bonchev–Trinajstić information content (AvgIpc) is 2.88. The van der Waals surface area contributed by atoms with Crippen LogP contribution in [-0.4, -0.2) is 30.5 Å². The molecule has 20 heavy (non-hydrogen) atoms. The molecule has 106 valence electrons. The van der Waals surface area contributed by atoms with Gasteiger partial charge in [-0.3, -0.25) is 4.79 Å². The number of H-pyrrole nitrogens is 1. The van der Waals surface area contributed by atoms with Crippen molar-refractivity contribution in [3.63, 3.8) is 0 Å². The SMILES string of the molecule is Cc1ccc(S(C)(=O)=O)cc1C(=O)NCc1cnc[nH]1. The molecular weight excluding hydrogens is 278 g/mol. The molecule has 0 radical (unpaired) electrons. The number of imidazole rings is 1. The van der Waals surface area contributed by atoms with Crippen LogP contribution in [-0.2, 0) is 16.4 Å². The molecule has 2 aromatic rings. The highest BCUT2D eigenvalue weighted by molar-refractivity contribution is 7.90. The molecule has 1 amide bonds. The first kappa shape index (κ1) is 14.3. The topological polar surface area (TPSA) is 91.9 Å². The number of aromatic nitrogens is 2. The molecule has 6 nitrogen and oxygen atoms in total. The molecule has 1 heterocycles. The van der Waals surface area contributed by atoms with Gasteiger partial charge >= 0.3 is 0 Å². The minimum atomic E-state index is -3.33. The number of hydrogen-bond acceptors (Lipinski definition) is 4. The van der Waals surface area contributed by atoms with Crippen molar-refractivity contribution < 1.29 is 13.2 Å². The molecule has 2 N–H and O–H groups in total. The summed E-state index contributed by atoms with van der Waals surface area (Å²) in [5, 5.41) is 2.72. The van der Waals surface area contributed by atoms with Gasteiger partial charge in [0, 0.05) is 18.0 Å². The lowest BCUT2D eigenvalue weighted by atomic mass is 10.1. The summed E-state index contributed by atoms with van der Waals surface area (Å²) in [6.07, 6.45) is 4.25. The molecular formula is C13H15N3O3S. The second-order valence-corrected chi connectivity index (χ2v) is 6.52. The van der Waals surface area contributed by atoms with E-state index in [1.54, 1.807) is 19.2 Å². The molecule has 0 spiro atoms. The van der Waals surface area contributed by atoms with E-state index < -0.39 is 9.84 Å². The standard InChI is InChI=1S/C13H15N3O3S/c1-9-3-4-11(20(2,18)19)5-12(9)13(17)15-7-10-6-14-8-16-10/h3-6,8H,7H2,1-2H3,(H,14,16)(H,15,17). The van der Waals surface area contributed by atoms with E-state index in [9.17, 15) is 13.2 Å². The average molecular weight is 293 g/mol. The van der Waals surface area contributed by atoms with Gasteiger partial charge in [0.1, 0.15) is 0 Å². The van der Waals surface area contributed by atoms with E-state index in [1.807, 2.05) is 0 Å². The Morgan fingerprint density at radius 2 is 2.15 bits per heavy atom. The largest absolute Gasteiger partial charge is 0.347 e. The molecule has 0 bridgehead atoms. The number of sulfone groups is 1. The van der Waals surface area contributed by atoms with Crippen LogP contribution in [0.5, 0.6) is 0 Å². The number of amides is 1. The minimum Gasteiger partial charge on any atom is -0.347 e. The van der Waals surface area contributed by atoms with Gasteiger partial charge in [0.15, 0.2) is 9.84 Å². The summed E-state index contributed by atoms with van der Waals surface area (Å²) in [4.78, 5) is 19.0. The number of nitrogens with zero attached hydrogens (tertiary/aromatic N) is 1.